The van der Waals surface area contributed by atoms with Gasteiger partial charge >= 0.3 is 6.18 Å². The van der Waals surface area contributed by atoms with Gasteiger partial charge in [0.1, 0.15) is 0 Å². The Hall–Kier alpha value is -4.05. The summed E-state index contributed by atoms with van der Waals surface area (Å²) >= 11 is 0. The molecule has 0 fully saturated rings. The molecule has 33 heavy (non-hydrogen) atoms. The number of benzene rings is 2. The van der Waals surface area contributed by atoms with Gasteiger partial charge < -0.3 is 5.11 Å². The molecule has 4 aromatic rings. The number of fused-ring (bicyclic) bond motifs is 2. The van der Waals surface area contributed by atoms with Crippen molar-refractivity contribution in [1.82, 2.24) is 15.2 Å². The van der Waals surface area contributed by atoms with Crippen molar-refractivity contribution >= 4 is 28.1 Å². The van der Waals surface area contributed by atoms with E-state index in [-0.39, 0.29) is 23.4 Å². The fourth-order valence-electron chi connectivity index (χ4n) is 4.08. The first-order chi connectivity index (χ1) is 15.7. The summed E-state index contributed by atoms with van der Waals surface area (Å²) < 4.78 is 41.3. The Morgan fingerprint density at radius 2 is 1.70 bits per heavy atom. The fraction of sp³-hybridized carbons (Fsp3) is 0.130. The number of aliphatic hydroxyl groups is 1. The maximum atomic E-state index is 13.8. The van der Waals surface area contributed by atoms with Crippen LogP contribution in [0.4, 0.5) is 24.5 Å². The Labute approximate surface area is 184 Å². The van der Waals surface area contributed by atoms with Crippen molar-refractivity contribution in [2.45, 2.75) is 18.2 Å². The number of rotatable bonds is 3. The zero-order chi connectivity index (χ0) is 23.4. The first kappa shape index (κ1) is 20.8. The van der Waals surface area contributed by atoms with Crippen LogP contribution in [0.2, 0.25) is 0 Å². The van der Waals surface area contributed by atoms with Crippen molar-refractivity contribution in [2.24, 2.45) is 0 Å². The van der Waals surface area contributed by atoms with Gasteiger partial charge in [-0.1, -0.05) is 36.4 Å². The molecule has 0 spiro atoms. The number of hydrogen-bond donors (Lipinski definition) is 2. The largest absolute Gasteiger partial charge is 0.430 e. The first-order valence-corrected chi connectivity index (χ1v) is 9.85. The van der Waals surface area contributed by atoms with Gasteiger partial charge in [0.15, 0.2) is 0 Å². The summed E-state index contributed by atoms with van der Waals surface area (Å²) in [5.41, 5.74) is -3.47. The number of alkyl halides is 3. The summed E-state index contributed by atoms with van der Waals surface area (Å²) in [5.74, 6) is -1.53. The lowest BCUT2D eigenvalue weighted by Crippen LogP contribution is -2.49. The number of aromatic amines is 1. The predicted molar refractivity (Wildman–Crippen MR) is 113 cm³/mol. The molecule has 0 radical (unpaired) electrons. The number of hydrogen-bond acceptors (Lipinski definition) is 5. The number of carbonyl (C=O) groups is 1. The standard InChI is InChI=1S/C23H15F3N4O3/c24-23(25,26)22(33)17-7-3-4-8-19(17)30(21(22)32)14-9-13(11-27-12-14)10-18-15-5-1-2-6-16(15)20(31)29-28-18/h1-9,11-12,33H,10H2,(H,29,31). The van der Waals surface area contributed by atoms with E-state index in [9.17, 15) is 27.9 Å². The molecule has 1 aliphatic rings. The summed E-state index contributed by atoms with van der Waals surface area (Å²) in [7, 11) is 0. The van der Waals surface area contributed by atoms with Crippen LogP contribution in [-0.4, -0.2) is 32.4 Å². The van der Waals surface area contributed by atoms with Gasteiger partial charge in [0.2, 0.25) is 0 Å². The molecule has 7 nitrogen and oxygen atoms in total. The SMILES string of the molecule is O=C1N(c2cncc(Cc3n[nH]c(=O)c4ccccc34)c2)c2ccccc2C1(O)C(F)(F)F. The van der Waals surface area contributed by atoms with Gasteiger partial charge in [-0.05, 0) is 23.8 Å². The number of para-hydroxylation sites is 1. The van der Waals surface area contributed by atoms with Crippen LogP contribution in [0.5, 0.6) is 0 Å². The zero-order valence-corrected chi connectivity index (χ0v) is 16.8. The molecule has 1 amide bonds. The summed E-state index contributed by atoms with van der Waals surface area (Å²) in [6.07, 6.45) is -2.27. The topological polar surface area (TPSA) is 99.2 Å². The third kappa shape index (κ3) is 3.10. The van der Waals surface area contributed by atoms with Crippen LogP contribution in [0.1, 0.15) is 16.8 Å². The number of anilines is 2. The number of halogens is 3. The van der Waals surface area contributed by atoms with Crippen LogP contribution in [0.3, 0.4) is 0 Å². The molecule has 0 aliphatic carbocycles. The van der Waals surface area contributed by atoms with Crippen molar-refractivity contribution in [3.63, 3.8) is 0 Å². The van der Waals surface area contributed by atoms with Crippen LogP contribution in [0, 0.1) is 0 Å². The number of carbonyl (C=O) groups excluding carboxylic acids is 1. The van der Waals surface area contributed by atoms with Crippen molar-refractivity contribution in [2.75, 3.05) is 4.90 Å². The highest BCUT2D eigenvalue weighted by Crippen LogP contribution is 2.51. The summed E-state index contributed by atoms with van der Waals surface area (Å²) in [6.45, 7) is 0. The van der Waals surface area contributed by atoms with Gasteiger partial charge in [-0.15, -0.1) is 0 Å². The Bertz CT molecular complexity index is 1470. The maximum absolute atomic E-state index is 13.8. The van der Waals surface area contributed by atoms with Crippen molar-refractivity contribution < 1.29 is 23.1 Å². The van der Waals surface area contributed by atoms with E-state index in [1.54, 1.807) is 24.3 Å². The lowest BCUT2D eigenvalue weighted by atomic mass is 9.95. The summed E-state index contributed by atoms with van der Waals surface area (Å²) in [6, 6.07) is 13.6. The van der Waals surface area contributed by atoms with Gasteiger partial charge in [0.05, 0.1) is 28.7 Å². The molecule has 5 rings (SSSR count). The number of nitrogens with one attached hydrogen (secondary N) is 1. The second-order valence-corrected chi connectivity index (χ2v) is 7.64. The average molecular weight is 452 g/mol. The minimum atomic E-state index is -5.21. The second-order valence-electron chi connectivity index (χ2n) is 7.64. The van der Waals surface area contributed by atoms with E-state index in [4.69, 9.17) is 0 Å². The zero-order valence-electron chi connectivity index (χ0n) is 16.8. The highest BCUT2D eigenvalue weighted by atomic mass is 19.4. The Morgan fingerprint density at radius 3 is 2.45 bits per heavy atom. The molecule has 3 heterocycles. The van der Waals surface area contributed by atoms with Gasteiger partial charge in [-0.25, -0.2) is 5.10 Å². The van der Waals surface area contributed by atoms with Crippen molar-refractivity contribution in [1.29, 1.82) is 0 Å². The smallest absolute Gasteiger partial charge is 0.368 e. The molecule has 1 atom stereocenters. The lowest BCUT2D eigenvalue weighted by Gasteiger charge is -2.25. The third-order valence-electron chi connectivity index (χ3n) is 5.64. The van der Waals surface area contributed by atoms with Crippen LogP contribution in [-0.2, 0) is 16.8 Å². The van der Waals surface area contributed by atoms with Crippen LogP contribution in [0.15, 0.2) is 71.8 Å². The lowest BCUT2D eigenvalue weighted by molar-refractivity contribution is -0.253. The number of H-pyrrole nitrogens is 1. The third-order valence-corrected chi connectivity index (χ3v) is 5.64. The quantitative estimate of drug-likeness (QED) is 0.497. The molecule has 2 N–H and O–H groups in total. The van der Waals surface area contributed by atoms with Gasteiger partial charge in [-0.3, -0.25) is 19.5 Å². The van der Waals surface area contributed by atoms with Gasteiger partial charge in [0, 0.05) is 23.6 Å². The van der Waals surface area contributed by atoms with E-state index < -0.39 is 23.2 Å². The summed E-state index contributed by atoms with van der Waals surface area (Å²) in [4.78, 5) is 29.8. The van der Waals surface area contributed by atoms with E-state index in [0.717, 1.165) is 11.0 Å². The fourth-order valence-corrected chi connectivity index (χ4v) is 4.08. The van der Waals surface area contributed by atoms with Crippen LogP contribution in [0.25, 0.3) is 10.8 Å². The molecule has 2 aromatic heterocycles. The Kier molecular flexibility index (Phi) is 4.57. The molecule has 0 saturated heterocycles. The highest BCUT2D eigenvalue weighted by Gasteiger charge is 2.66. The monoisotopic (exact) mass is 452 g/mol. The Morgan fingerprint density at radius 1 is 1.00 bits per heavy atom. The molecule has 10 heteroatoms. The van der Waals surface area contributed by atoms with Gasteiger partial charge in [0.25, 0.3) is 17.1 Å². The van der Waals surface area contributed by atoms with E-state index in [1.165, 1.54) is 36.7 Å². The molecule has 166 valence electrons. The summed E-state index contributed by atoms with van der Waals surface area (Å²) in [5, 5.41) is 18.1. The van der Waals surface area contributed by atoms with Crippen molar-refractivity contribution in [3.8, 4) is 0 Å². The van der Waals surface area contributed by atoms with Crippen molar-refractivity contribution in [3.05, 3.63) is 94.2 Å². The normalized spacial score (nSPS) is 18.1. The number of aromatic nitrogens is 3. The molecule has 0 bridgehead atoms. The van der Waals surface area contributed by atoms with Gasteiger partial charge in [-0.2, -0.15) is 18.3 Å². The Balaban J connectivity index is 1.58. The molecule has 0 saturated carbocycles. The van der Waals surface area contributed by atoms with E-state index in [0.29, 0.717) is 22.0 Å². The molecular weight excluding hydrogens is 437 g/mol. The highest BCUT2D eigenvalue weighted by molar-refractivity contribution is 6.12. The minimum Gasteiger partial charge on any atom is -0.368 e. The second kappa shape index (κ2) is 7.24. The molecule has 1 aliphatic heterocycles. The number of pyridine rings is 1. The maximum Gasteiger partial charge on any atom is 0.430 e. The number of nitrogens with zero attached hydrogens (tertiary/aromatic N) is 3. The first-order valence-electron chi connectivity index (χ1n) is 9.85. The van der Waals surface area contributed by atoms with Crippen LogP contribution < -0.4 is 10.5 Å². The van der Waals surface area contributed by atoms with Crippen LogP contribution >= 0.6 is 0 Å². The minimum absolute atomic E-state index is 0.0684. The van der Waals surface area contributed by atoms with E-state index >= 15 is 0 Å². The predicted octanol–water partition coefficient (Wildman–Crippen LogP) is 3.34. The average Bonchev–Trinajstić information content (AvgIpc) is 3.04. The molecule has 1 unspecified atom stereocenters. The molecular formula is C23H15F3N4O3. The van der Waals surface area contributed by atoms with E-state index in [2.05, 4.69) is 15.2 Å². The molecule has 2 aromatic carbocycles. The number of amides is 1. The van der Waals surface area contributed by atoms with E-state index in [1.807, 2.05) is 0 Å².